The standard InChI is InChI=1S/C9H15N/c1-2-6-9-8(4-1)5-3-7-10-9/h3,5,8-10H,1-2,4,6-7H2/t8-,9+/m1/s1. The topological polar surface area (TPSA) is 12.0 Å². The highest BCUT2D eigenvalue weighted by molar-refractivity contribution is 5.02. The molecule has 2 atom stereocenters. The maximum Gasteiger partial charge on any atom is 0.0137 e. The van der Waals surface area contributed by atoms with E-state index in [9.17, 15) is 0 Å². The molecule has 1 nitrogen and oxygen atoms in total. The van der Waals surface area contributed by atoms with Crippen LogP contribution in [0.15, 0.2) is 12.2 Å². The second-order valence-electron chi connectivity index (χ2n) is 3.39. The van der Waals surface area contributed by atoms with Gasteiger partial charge in [0.2, 0.25) is 0 Å². The molecule has 1 aliphatic heterocycles. The first kappa shape index (κ1) is 6.41. The van der Waals surface area contributed by atoms with Crippen molar-refractivity contribution >= 4 is 0 Å². The molecule has 2 aliphatic rings. The van der Waals surface area contributed by atoms with Crippen LogP contribution in [0.5, 0.6) is 0 Å². The van der Waals surface area contributed by atoms with Crippen LogP contribution in [0.4, 0.5) is 0 Å². The minimum absolute atomic E-state index is 0.818. The van der Waals surface area contributed by atoms with Crippen LogP contribution in [0.25, 0.3) is 0 Å². The van der Waals surface area contributed by atoms with Crippen LogP contribution in [-0.2, 0) is 0 Å². The molecular weight excluding hydrogens is 122 g/mol. The van der Waals surface area contributed by atoms with Crippen molar-refractivity contribution in [1.29, 1.82) is 0 Å². The molecule has 0 aromatic heterocycles. The molecule has 0 aromatic carbocycles. The Bertz CT molecular complexity index is 140. The third-order valence-electron chi connectivity index (χ3n) is 2.70. The lowest BCUT2D eigenvalue weighted by Crippen LogP contribution is -2.40. The molecule has 0 saturated heterocycles. The van der Waals surface area contributed by atoms with E-state index in [1.165, 1.54) is 25.7 Å². The Morgan fingerprint density at radius 3 is 3.00 bits per heavy atom. The van der Waals surface area contributed by atoms with Crippen LogP contribution in [0.2, 0.25) is 0 Å². The molecule has 1 heteroatoms. The average molecular weight is 137 g/mol. The molecule has 0 bridgehead atoms. The Morgan fingerprint density at radius 2 is 2.10 bits per heavy atom. The maximum absolute atomic E-state index is 3.53. The smallest absolute Gasteiger partial charge is 0.0137 e. The van der Waals surface area contributed by atoms with Gasteiger partial charge in [-0.3, -0.25) is 0 Å². The highest BCUT2D eigenvalue weighted by Gasteiger charge is 2.23. The first-order valence-corrected chi connectivity index (χ1v) is 4.37. The Hall–Kier alpha value is -0.300. The van der Waals surface area contributed by atoms with E-state index in [-0.39, 0.29) is 0 Å². The van der Waals surface area contributed by atoms with Crippen molar-refractivity contribution < 1.29 is 0 Å². The molecule has 1 N–H and O–H groups in total. The SMILES string of the molecule is C1=C[C@H]2CCCC[C@@H]2NC1. The number of rotatable bonds is 0. The first-order valence-electron chi connectivity index (χ1n) is 4.37. The lowest BCUT2D eigenvalue weighted by molar-refractivity contribution is 0.304. The Balaban J connectivity index is 2.03. The second-order valence-corrected chi connectivity index (χ2v) is 3.39. The summed E-state index contributed by atoms with van der Waals surface area (Å²) >= 11 is 0. The fourth-order valence-corrected chi connectivity index (χ4v) is 2.11. The van der Waals surface area contributed by atoms with Crippen molar-refractivity contribution in [2.24, 2.45) is 5.92 Å². The van der Waals surface area contributed by atoms with Crippen molar-refractivity contribution in [3.8, 4) is 0 Å². The van der Waals surface area contributed by atoms with Gasteiger partial charge in [0.15, 0.2) is 0 Å². The summed E-state index contributed by atoms with van der Waals surface area (Å²) in [5, 5.41) is 3.53. The Morgan fingerprint density at radius 1 is 1.20 bits per heavy atom. The van der Waals surface area contributed by atoms with Crippen molar-refractivity contribution in [3.05, 3.63) is 12.2 Å². The molecule has 1 heterocycles. The lowest BCUT2D eigenvalue weighted by Gasteiger charge is -2.32. The second kappa shape index (κ2) is 2.75. The lowest BCUT2D eigenvalue weighted by atomic mass is 9.83. The highest BCUT2D eigenvalue weighted by atomic mass is 14.9. The monoisotopic (exact) mass is 137 g/mol. The summed E-state index contributed by atoms with van der Waals surface area (Å²) in [5.41, 5.74) is 0. The van der Waals surface area contributed by atoms with Crippen LogP contribution in [0.1, 0.15) is 25.7 Å². The molecule has 0 radical (unpaired) electrons. The molecule has 1 aliphatic carbocycles. The number of nitrogens with one attached hydrogen (secondary N) is 1. The van der Waals surface area contributed by atoms with E-state index in [2.05, 4.69) is 17.5 Å². The summed E-state index contributed by atoms with van der Waals surface area (Å²) < 4.78 is 0. The molecule has 2 rings (SSSR count). The van der Waals surface area contributed by atoms with Crippen LogP contribution in [0, 0.1) is 5.92 Å². The number of hydrogen-bond acceptors (Lipinski definition) is 1. The van der Waals surface area contributed by atoms with Crippen LogP contribution in [0.3, 0.4) is 0 Å². The summed E-state index contributed by atoms with van der Waals surface area (Å²) in [4.78, 5) is 0. The van der Waals surface area contributed by atoms with Crippen LogP contribution < -0.4 is 5.32 Å². The normalized spacial score (nSPS) is 39.2. The molecule has 56 valence electrons. The van der Waals surface area contributed by atoms with Gasteiger partial charge in [-0.25, -0.2) is 0 Å². The zero-order valence-electron chi connectivity index (χ0n) is 6.34. The molecular formula is C9H15N. The molecule has 0 spiro atoms. The van der Waals surface area contributed by atoms with Gasteiger partial charge in [-0.15, -0.1) is 0 Å². The summed E-state index contributed by atoms with van der Waals surface area (Å²) in [6.45, 7) is 1.10. The van der Waals surface area contributed by atoms with E-state index in [4.69, 9.17) is 0 Å². The molecule has 10 heavy (non-hydrogen) atoms. The van der Waals surface area contributed by atoms with Gasteiger partial charge in [0.25, 0.3) is 0 Å². The van der Waals surface area contributed by atoms with Crippen LogP contribution >= 0.6 is 0 Å². The van der Waals surface area contributed by atoms with Crippen molar-refractivity contribution in [2.75, 3.05) is 6.54 Å². The van der Waals surface area contributed by atoms with Crippen molar-refractivity contribution in [1.82, 2.24) is 5.32 Å². The van der Waals surface area contributed by atoms with Gasteiger partial charge in [-0.05, 0) is 18.8 Å². The Labute approximate surface area is 62.5 Å². The quantitative estimate of drug-likeness (QED) is 0.501. The van der Waals surface area contributed by atoms with E-state index < -0.39 is 0 Å². The summed E-state index contributed by atoms with van der Waals surface area (Å²) in [6.07, 6.45) is 10.4. The maximum atomic E-state index is 3.53. The van der Waals surface area contributed by atoms with Gasteiger partial charge in [0, 0.05) is 12.6 Å². The van der Waals surface area contributed by atoms with Crippen LogP contribution in [-0.4, -0.2) is 12.6 Å². The van der Waals surface area contributed by atoms with Gasteiger partial charge in [0.1, 0.15) is 0 Å². The zero-order valence-corrected chi connectivity index (χ0v) is 6.34. The van der Waals surface area contributed by atoms with E-state index in [0.717, 1.165) is 18.5 Å². The number of hydrogen-bond donors (Lipinski definition) is 1. The van der Waals surface area contributed by atoms with E-state index in [1.54, 1.807) is 0 Å². The third kappa shape index (κ3) is 1.10. The fourth-order valence-electron chi connectivity index (χ4n) is 2.11. The minimum atomic E-state index is 0.818. The largest absolute Gasteiger partial charge is 0.310 e. The van der Waals surface area contributed by atoms with Gasteiger partial charge >= 0.3 is 0 Å². The minimum Gasteiger partial charge on any atom is -0.310 e. The average Bonchev–Trinajstić information content (AvgIpc) is 2.05. The van der Waals surface area contributed by atoms with Gasteiger partial charge in [-0.2, -0.15) is 0 Å². The zero-order chi connectivity index (χ0) is 6.81. The first-order chi connectivity index (χ1) is 4.97. The molecule has 1 fully saturated rings. The third-order valence-corrected chi connectivity index (χ3v) is 2.70. The van der Waals surface area contributed by atoms with Gasteiger partial charge < -0.3 is 5.32 Å². The predicted molar refractivity (Wildman–Crippen MR) is 42.9 cm³/mol. The Kier molecular flexibility index (Phi) is 1.76. The van der Waals surface area contributed by atoms with Crippen molar-refractivity contribution in [2.45, 2.75) is 31.7 Å². The molecule has 0 unspecified atom stereocenters. The fraction of sp³-hybridized carbons (Fsp3) is 0.778. The summed E-state index contributed by atoms with van der Waals surface area (Å²) in [5.74, 6) is 0.863. The number of fused-ring (bicyclic) bond motifs is 1. The summed E-state index contributed by atoms with van der Waals surface area (Å²) in [6, 6.07) is 0.818. The van der Waals surface area contributed by atoms with Gasteiger partial charge in [0.05, 0.1) is 0 Å². The van der Waals surface area contributed by atoms with Gasteiger partial charge in [-0.1, -0.05) is 25.0 Å². The predicted octanol–water partition coefficient (Wildman–Crippen LogP) is 1.70. The van der Waals surface area contributed by atoms with Crippen molar-refractivity contribution in [3.63, 3.8) is 0 Å². The van der Waals surface area contributed by atoms with E-state index >= 15 is 0 Å². The van der Waals surface area contributed by atoms with E-state index in [0.29, 0.717) is 0 Å². The molecule has 0 aromatic rings. The van der Waals surface area contributed by atoms with E-state index in [1.807, 2.05) is 0 Å². The summed E-state index contributed by atoms with van der Waals surface area (Å²) in [7, 11) is 0. The molecule has 0 amide bonds. The highest BCUT2D eigenvalue weighted by Crippen LogP contribution is 2.26. The molecule has 1 saturated carbocycles.